The van der Waals surface area contributed by atoms with Gasteiger partial charge in [0.2, 0.25) is 10.0 Å². The lowest BCUT2D eigenvalue weighted by atomic mass is 10.0. The Hall–Kier alpha value is -2.78. The summed E-state index contributed by atoms with van der Waals surface area (Å²) in [7, 11) is 0.806. The third kappa shape index (κ3) is 4.79. The number of amides is 1. The van der Waals surface area contributed by atoms with Crippen LogP contribution in [0.25, 0.3) is 0 Å². The Kier molecular flexibility index (Phi) is 7.86. The molecular weight excluding hydrogens is 444 g/mol. The number of benzene rings is 2. The maximum atomic E-state index is 13.6. The van der Waals surface area contributed by atoms with Crippen molar-refractivity contribution in [3.8, 4) is 17.2 Å². The van der Waals surface area contributed by atoms with Gasteiger partial charge in [0.1, 0.15) is 22.1 Å². The van der Waals surface area contributed by atoms with Crippen molar-refractivity contribution in [3.05, 3.63) is 47.5 Å². The van der Waals surface area contributed by atoms with Crippen LogP contribution in [0.2, 0.25) is 0 Å². The Morgan fingerprint density at radius 2 is 1.67 bits per heavy atom. The number of carbonyl (C=O) groups is 1. The van der Waals surface area contributed by atoms with Gasteiger partial charge < -0.3 is 19.1 Å². The molecule has 1 atom stereocenters. The van der Waals surface area contributed by atoms with Gasteiger partial charge in [0.15, 0.2) is 0 Å². The third-order valence-corrected chi connectivity index (χ3v) is 8.11. The number of rotatable bonds is 9. The second kappa shape index (κ2) is 10.4. The van der Waals surface area contributed by atoms with Crippen molar-refractivity contribution in [1.29, 1.82) is 0 Å². The van der Waals surface area contributed by atoms with Gasteiger partial charge in [0, 0.05) is 30.8 Å². The van der Waals surface area contributed by atoms with Crippen LogP contribution in [0.4, 0.5) is 0 Å². The summed E-state index contributed by atoms with van der Waals surface area (Å²) in [5.74, 6) is 1.34. The summed E-state index contributed by atoms with van der Waals surface area (Å²) in [6.45, 7) is 4.76. The number of carbonyl (C=O) groups excluding carboxylic acids is 1. The molecule has 0 bridgehead atoms. The molecule has 9 heteroatoms. The molecule has 1 fully saturated rings. The quantitative estimate of drug-likeness (QED) is 0.548. The van der Waals surface area contributed by atoms with Gasteiger partial charge in [0.05, 0.1) is 27.4 Å². The minimum Gasteiger partial charge on any atom is -0.497 e. The van der Waals surface area contributed by atoms with Gasteiger partial charge in [0.25, 0.3) is 5.91 Å². The molecule has 0 spiro atoms. The smallest absolute Gasteiger partial charge is 0.254 e. The van der Waals surface area contributed by atoms with E-state index in [1.165, 1.54) is 17.5 Å². The average molecular weight is 477 g/mol. The first-order valence-corrected chi connectivity index (χ1v) is 12.5. The predicted octanol–water partition coefficient (Wildman–Crippen LogP) is 3.72. The molecule has 3 rings (SSSR count). The van der Waals surface area contributed by atoms with Crippen molar-refractivity contribution in [2.24, 2.45) is 0 Å². The second-order valence-electron chi connectivity index (χ2n) is 7.72. The van der Waals surface area contributed by atoms with E-state index in [-0.39, 0.29) is 22.6 Å². The Morgan fingerprint density at radius 1 is 1.00 bits per heavy atom. The third-order valence-electron chi connectivity index (χ3n) is 6.04. The highest BCUT2D eigenvalue weighted by molar-refractivity contribution is 7.89. The zero-order valence-electron chi connectivity index (χ0n) is 19.8. The van der Waals surface area contributed by atoms with E-state index in [0.717, 1.165) is 18.4 Å². The molecule has 0 radical (unpaired) electrons. The number of sulfonamides is 1. The summed E-state index contributed by atoms with van der Waals surface area (Å²) < 4.78 is 44.0. The van der Waals surface area contributed by atoms with E-state index in [4.69, 9.17) is 14.2 Å². The molecule has 180 valence electrons. The molecule has 2 aromatic carbocycles. The molecule has 0 saturated carbocycles. The van der Waals surface area contributed by atoms with Crippen LogP contribution in [0.1, 0.15) is 48.7 Å². The highest BCUT2D eigenvalue weighted by atomic mass is 32.2. The molecule has 1 unspecified atom stereocenters. The van der Waals surface area contributed by atoms with Gasteiger partial charge in [-0.1, -0.05) is 13.8 Å². The fourth-order valence-electron chi connectivity index (χ4n) is 4.31. The van der Waals surface area contributed by atoms with E-state index in [2.05, 4.69) is 0 Å². The van der Waals surface area contributed by atoms with Gasteiger partial charge in [-0.25, -0.2) is 8.42 Å². The number of nitrogens with zero attached hydrogens (tertiary/aromatic N) is 2. The highest BCUT2D eigenvalue weighted by Gasteiger charge is 2.34. The molecule has 1 aliphatic heterocycles. The Morgan fingerprint density at radius 3 is 2.27 bits per heavy atom. The Labute approximate surface area is 196 Å². The molecule has 1 heterocycles. The number of methoxy groups -OCH3 is 3. The summed E-state index contributed by atoms with van der Waals surface area (Å²) in [6, 6.07) is 9.91. The van der Waals surface area contributed by atoms with Crippen LogP contribution >= 0.6 is 0 Å². The molecule has 0 aromatic heterocycles. The molecule has 2 aromatic rings. The number of hydrogen-bond donors (Lipinski definition) is 0. The van der Waals surface area contributed by atoms with Crippen molar-refractivity contribution in [1.82, 2.24) is 9.21 Å². The van der Waals surface area contributed by atoms with Crippen LogP contribution in [0.15, 0.2) is 41.3 Å². The number of ether oxygens (including phenoxy) is 3. The first-order valence-electron chi connectivity index (χ1n) is 11.0. The zero-order chi connectivity index (χ0) is 24.2. The lowest BCUT2D eigenvalue weighted by Crippen LogP contribution is -2.32. The lowest BCUT2D eigenvalue weighted by molar-refractivity contribution is 0.0733. The maximum absolute atomic E-state index is 13.6. The number of likely N-dealkylation sites (tertiary alicyclic amines) is 1. The Balaban J connectivity index is 2.02. The van der Waals surface area contributed by atoms with E-state index < -0.39 is 10.0 Å². The van der Waals surface area contributed by atoms with E-state index >= 15 is 0 Å². The first-order chi connectivity index (χ1) is 15.8. The SMILES string of the molecule is CCN(CC)S(=O)(=O)c1cc(C(=O)N2CCCC2c2cc(OC)ccc2OC)ccc1OC. The molecular formula is C24H32N2O6S. The monoisotopic (exact) mass is 476 g/mol. The van der Waals surface area contributed by atoms with Crippen LogP contribution in [-0.4, -0.2) is 64.5 Å². The van der Waals surface area contributed by atoms with Crippen LogP contribution in [-0.2, 0) is 10.0 Å². The van der Waals surface area contributed by atoms with Crippen molar-refractivity contribution < 1.29 is 27.4 Å². The van der Waals surface area contributed by atoms with Gasteiger partial charge in [-0.2, -0.15) is 4.31 Å². The fraction of sp³-hybridized carbons (Fsp3) is 0.458. The summed E-state index contributed by atoms with van der Waals surface area (Å²) in [5.41, 5.74) is 1.17. The molecule has 1 amide bonds. The second-order valence-corrected chi connectivity index (χ2v) is 9.63. The van der Waals surface area contributed by atoms with Crippen LogP contribution in [0, 0.1) is 0 Å². The van der Waals surface area contributed by atoms with Gasteiger partial charge in [-0.15, -0.1) is 0 Å². The molecule has 0 N–H and O–H groups in total. The molecule has 33 heavy (non-hydrogen) atoms. The maximum Gasteiger partial charge on any atom is 0.254 e. The topological polar surface area (TPSA) is 85.4 Å². The standard InChI is InChI=1S/C24H32N2O6S/c1-6-25(7-2)33(28,29)23-15-17(10-12-22(23)32-5)24(27)26-14-8-9-20(26)19-16-18(30-3)11-13-21(19)31-4/h10-13,15-16,20H,6-9,14H2,1-5H3. The summed E-state index contributed by atoms with van der Waals surface area (Å²) >= 11 is 0. The van der Waals surface area contributed by atoms with E-state index in [1.807, 2.05) is 18.2 Å². The summed E-state index contributed by atoms with van der Waals surface area (Å²) in [4.78, 5) is 15.3. The van der Waals surface area contributed by atoms with Gasteiger partial charge in [-0.05, 0) is 49.2 Å². The normalized spacial score (nSPS) is 16.2. The molecule has 0 aliphatic carbocycles. The highest BCUT2D eigenvalue weighted by Crippen LogP contribution is 2.40. The van der Waals surface area contributed by atoms with Crippen molar-refractivity contribution >= 4 is 15.9 Å². The average Bonchev–Trinajstić information content (AvgIpc) is 3.33. The Bertz CT molecular complexity index is 1100. The lowest BCUT2D eigenvalue weighted by Gasteiger charge is -2.27. The van der Waals surface area contributed by atoms with E-state index in [1.54, 1.807) is 45.1 Å². The zero-order valence-corrected chi connectivity index (χ0v) is 20.6. The number of hydrogen-bond acceptors (Lipinski definition) is 6. The first kappa shape index (κ1) is 24.9. The van der Waals surface area contributed by atoms with E-state index in [9.17, 15) is 13.2 Å². The van der Waals surface area contributed by atoms with Crippen LogP contribution < -0.4 is 14.2 Å². The van der Waals surface area contributed by atoms with Crippen LogP contribution in [0.3, 0.4) is 0 Å². The van der Waals surface area contributed by atoms with Crippen molar-refractivity contribution in [2.75, 3.05) is 41.0 Å². The largest absolute Gasteiger partial charge is 0.497 e. The predicted molar refractivity (Wildman–Crippen MR) is 126 cm³/mol. The fourth-order valence-corrected chi connectivity index (χ4v) is 5.95. The molecule has 1 aliphatic rings. The van der Waals surface area contributed by atoms with Crippen molar-refractivity contribution in [3.63, 3.8) is 0 Å². The van der Waals surface area contributed by atoms with Gasteiger partial charge in [-0.3, -0.25) is 4.79 Å². The van der Waals surface area contributed by atoms with E-state index in [0.29, 0.717) is 36.7 Å². The van der Waals surface area contributed by atoms with Crippen molar-refractivity contribution in [2.45, 2.75) is 37.6 Å². The van der Waals surface area contributed by atoms with Gasteiger partial charge >= 0.3 is 0 Å². The summed E-state index contributed by atoms with van der Waals surface area (Å²) in [5, 5.41) is 0. The molecule has 1 saturated heterocycles. The minimum atomic E-state index is -3.81. The van der Waals surface area contributed by atoms with Crippen LogP contribution in [0.5, 0.6) is 17.2 Å². The minimum absolute atomic E-state index is 0.00532. The molecule has 8 nitrogen and oxygen atoms in total. The summed E-state index contributed by atoms with van der Waals surface area (Å²) in [6.07, 6.45) is 1.60.